The number of nitrogens with zero attached hydrogens (tertiary/aromatic N) is 2. The van der Waals surface area contributed by atoms with Gasteiger partial charge in [0.25, 0.3) is 0 Å². The van der Waals surface area contributed by atoms with Gasteiger partial charge in [0.1, 0.15) is 6.04 Å². The fourth-order valence-corrected chi connectivity index (χ4v) is 3.47. The van der Waals surface area contributed by atoms with Crippen molar-refractivity contribution in [2.45, 2.75) is 25.0 Å². The minimum absolute atomic E-state index is 0.0939. The molecule has 2 aliphatic rings. The van der Waals surface area contributed by atoms with Gasteiger partial charge >= 0.3 is 12.0 Å². The molecule has 2 saturated heterocycles. The van der Waals surface area contributed by atoms with Crippen LogP contribution in [-0.2, 0) is 9.53 Å². The lowest BCUT2D eigenvalue weighted by molar-refractivity contribution is -0.141. The quantitative estimate of drug-likeness (QED) is 0.828. The summed E-state index contributed by atoms with van der Waals surface area (Å²) in [5, 5.41) is 9.17. The highest BCUT2D eigenvalue weighted by molar-refractivity contribution is 7.99. The number of amides is 2. The SMILES string of the molecule is CN(CC1CCCO1)C(=O)N1CCSCC1C(=O)O. The van der Waals surface area contributed by atoms with Crippen molar-refractivity contribution in [3.63, 3.8) is 0 Å². The smallest absolute Gasteiger partial charge is 0.327 e. The molecule has 1 N–H and O–H groups in total. The summed E-state index contributed by atoms with van der Waals surface area (Å²) in [6.45, 7) is 1.79. The zero-order valence-electron chi connectivity index (χ0n) is 11.1. The highest BCUT2D eigenvalue weighted by Crippen LogP contribution is 2.19. The van der Waals surface area contributed by atoms with E-state index in [-0.39, 0.29) is 12.1 Å². The van der Waals surface area contributed by atoms with E-state index in [0.29, 0.717) is 18.8 Å². The fourth-order valence-electron chi connectivity index (χ4n) is 2.43. The first-order chi connectivity index (χ1) is 9.09. The van der Waals surface area contributed by atoms with Crippen LogP contribution in [0.4, 0.5) is 4.79 Å². The topological polar surface area (TPSA) is 70.1 Å². The van der Waals surface area contributed by atoms with Gasteiger partial charge in [-0.05, 0) is 12.8 Å². The molecule has 0 aromatic rings. The Kier molecular flexibility index (Phi) is 4.93. The second-order valence-electron chi connectivity index (χ2n) is 4.92. The molecule has 7 heteroatoms. The lowest BCUT2D eigenvalue weighted by Crippen LogP contribution is -2.54. The van der Waals surface area contributed by atoms with Crippen molar-refractivity contribution < 1.29 is 19.4 Å². The van der Waals surface area contributed by atoms with Gasteiger partial charge in [0.2, 0.25) is 0 Å². The minimum Gasteiger partial charge on any atom is -0.480 e. The molecule has 0 aliphatic carbocycles. The van der Waals surface area contributed by atoms with Gasteiger partial charge in [-0.15, -0.1) is 0 Å². The molecule has 0 bridgehead atoms. The average molecular weight is 288 g/mol. The van der Waals surface area contributed by atoms with Crippen molar-refractivity contribution in [2.75, 3.05) is 38.2 Å². The summed E-state index contributed by atoms with van der Waals surface area (Å²) in [7, 11) is 1.71. The van der Waals surface area contributed by atoms with Crippen molar-refractivity contribution in [1.29, 1.82) is 0 Å². The Morgan fingerprint density at radius 3 is 2.95 bits per heavy atom. The van der Waals surface area contributed by atoms with Crippen molar-refractivity contribution in [1.82, 2.24) is 9.80 Å². The van der Waals surface area contributed by atoms with Crippen LogP contribution in [0.2, 0.25) is 0 Å². The van der Waals surface area contributed by atoms with E-state index >= 15 is 0 Å². The summed E-state index contributed by atoms with van der Waals surface area (Å²) >= 11 is 1.58. The second kappa shape index (κ2) is 6.47. The molecule has 2 heterocycles. The van der Waals surface area contributed by atoms with E-state index in [1.54, 1.807) is 23.7 Å². The summed E-state index contributed by atoms with van der Waals surface area (Å²) < 4.78 is 5.50. The Hall–Kier alpha value is -0.950. The first kappa shape index (κ1) is 14.5. The zero-order chi connectivity index (χ0) is 13.8. The molecule has 2 fully saturated rings. The Bertz CT molecular complexity index is 347. The number of carbonyl (C=O) groups excluding carboxylic acids is 1. The maximum Gasteiger partial charge on any atom is 0.327 e. The van der Waals surface area contributed by atoms with Crippen LogP contribution in [0.1, 0.15) is 12.8 Å². The van der Waals surface area contributed by atoms with E-state index in [2.05, 4.69) is 0 Å². The maximum atomic E-state index is 12.3. The van der Waals surface area contributed by atoms with Gasteiger partial charge in [0.05, 0.1) is 6.10 Å². The monoisotopic (exact) mass is 288 g/mol. The van der Waals surface area contributed by atoms with E-state index in [1.807, 2.05) is 0 Å². The summed E-state index contributed by atoms with van der Waals surface area (Å²) in [6.07, 6.45) is 2.09. The summed E-state index contributed by atoms with van der Waals surface area (Å²) in [5.41, 5.74) is 0. The molecule has 0 radical (unpaired) electrons. The third-order valence-corrected chi connectivity index (χ3v) is 4.51. The maximum absolute atomic E-state index is 12.3. The Morgan fingerprint density at radius 1 is 1.53 bits per heavy atom. The number of hydrogen-bond acceptors (Lipinski definition) is 4. The number of carboxylic acids is 1. The van der Waals surface area contributed by atoms with Crippen LogP contribution in [0.25, 0.3) is 0 Å². The minimum atomic E-state index is -0.925. The summed E-state index contributed by atoms with van der Waals surface area (Å²) in [6, 6.07) is -0.915. The molecule has 0 spiro atoms. The normalized spacial score (nSPS) is 27.3. The lowest BCUT2D eigenvalue weighted by Gasteiger charge is -2.36. The number of rotatable bonds is 3. The Labute approximate surface area is 117 Å². The number of ether oxygens (including phenoxy) is 1. The first-order valence-corrected chi connectivity index (χ1v) is 7.69. The molecule has 2 atom stereocenters. The van der Waals surface area contributed by atoms with Crippen LogP contribution < -0.4 is 0 Å². The molecule has 2 unspecified atom stereocenters. The third-order valence-electron chi connectivity index (χ3n) is 3.49. The van der Waals surface area contributed by atoms with Gasteiger partial charge in [-0.3, -0.25) is 0 Å². The predicted octanol–water partition coefficient (Wildman–Crippen LogP) is 0.719. The predicted molar refractivity (Wildman–Crippen MR) is 72.5 cm³/mol. The van der Waals surface area contributed by atoms with E-state index in [4.69, 9.17) is 4.74 Å². The van der Waals surface area contributed by atoms with Gasteiger partial charge in [-0.1, -0.05) is 0 Å². The number of likely N-dealkylation sites (N-methyl/N-ethyl adjacent to an activating group) is 1. The molecule has 108 valence electrons. The second-order valence-corrected chi connectivity index (χ2v) is 6.07. The largest absolute Gasteiger partial charge is 0.480 e. The van der Waals surface area contributed by atoms with Crippen LogP contribution in [0.15, 0.2) is 0 Å². The number of thioether (sulfide) groups is 1. The number of carbonyl (C=O) groups is 2. The van der Waals surface area contributed by atoms with Crippen LogP contribution in [0.3, 0.4) is 0 Å². The molecular formula is C12H20N2O4S. The molecule has 6 nitrogen and oxygen atoms in total. The third kappa shape index (κ3) is 3.54. The van der Waals surface area contributed by atoms with Crippen LogP contribution in [-0.4, -0.2) is 77.3 Å². The van der Waals surface area contributed by atoms with Gasteiger partial charge in [-0.2, -0.15) is 11.8 Å². The summed E-state index contributed by atoms with van der Waals surface area (Å²) in [5.74, 6) is 0.337. The number of urea groups is 1. The van der Waals surface area contributed by atoms with Gasteiger partial charge in [0, 0.05) is 38.2 Å². The standard InChI is InChI=1S/C12H20N2O4S/c1-13(7-9-3-2-5-18-9)12(17)14-4-6-19-8-10(14)11(15)16/h9-10H,2-8H2,1H3,(H,15,16). The number of aliphatic carboxylic acids is 1. The van der Waals surface area contributed by atoms with E-state index in [9.17, 15) is 14.7 Å². The molecular weight excluding hydrogens is 268 g/mol. The Morgan fingerprint density at radius 2 is 2.32 bits per heavy atom. The van der Waals surface area contributed by atoms with Crippen LogP contribution in [0, 0.1) is 0 Å². The van der Waals surface area contributed by atoms with Crippen molar-refractivity contribution in [3.05, 3.63) is 0 Å². The first-order valence-electron chi connectivity index (χ1n) is 6.53. The van der Waals surface area contributed by atoms with Gasteiger partial charge in [-0.25, -0.2) is 9.59 Å². The molecule has 0 saturated carbocycles. The van der Waals surface area contributed by atoms with Crippen molar-refractivity contribution in [2.24, 2.45) is 0 Å². The van der Waals surface area contributed by atoms with Crippen LogP contribution in [0.5, 0.6) is 0 Å². The van der Waals surface area contributed by atoms with Crippen molar-refractivity contribution in [3.8, 4) is 0 Å². The molecule has 19 heavy (non-hydrogen) atoms. The zero-order valence-corrected chi connectivity index (χ0v) is 11.9. The molecule has 2 aliphatic heterocycles. The van der Waals surface area contributed by atoms with E-state index < -0.39 is 12.0 Å². The lowest BCUT2D eigenvalue weighted by atomic mass is 10.2. The van der Waals surface area contributed by atoms with Crippen molar-refractivity contribution >= 4 is 23.8 Å². The molecule has 0 aromatic heterocycles. The van der Waals surface area contributed by atoms with Crippen LogP contribution >= 0.6 is 11.8 Å². The number of carboxylic acid groups (broad SMARTS) is 1. The highest BCUT2D eigenvalue weighted by Gasteiger charge is 2.34. The average Bonchev–Trinajstić information content (AvgIpc) is 2.90. The van der Waals surface area contributed by atoms with Gasteiger partial charge in [0.15, 0.2) is 0 Å². The van der Waals surface area contributed by atoms with Gasteiger partial charge < -0.3 is 19.6 Å². The van der Waals surface area contributed by atoms with E-state index in [0.717, 1.165) is 25.2 Å². The Balaban J connectivity index is 1.93. The fraction of sp³-hybridized carbons (Fsp3) is 0.833. The summed E-state index contributed by atoms with van der Waals surface area (Å²) in [4.78, 5) is 26.6. The highest BCUT2D eigenvalue weighted by atomic mass is 32.2. The number of hydrogen-bond donors (Lipinski definition) is 1. The molecule has 2 rings (SSSR count). The molecule has 0 aromatic carbocycles. The van der Waals surface area contributed by atoms with E-state index in [1.165, 1.54) is 4.90 Å². The molecule has 2 amide bonds.